The van der Waals surface area contributed by atoms with Gasteiger partial charge in [0.2, 0.25) is 0 Å². The topological polar surface area (TPSA) is 43.1 Å². The van der Waals surface area contributed by atoms with Gasteiger partial charge in [0.15, 0.2) is 0 Å². The maximum Gasteiger partial charge on any atom is 0.416 e. The van der Waals surface area contributed by atoms with Gasteiger partial charge < -0.3 is 0 Å². The monoisotopic (exact) mass is 281 g/mol. The van der Waals surface area contributed by atoms with Crippen LogP contribution in [-0.4, -0.2) is 4.92 Å². The molecule has 0 radical (unpaired) electrons. The van der Waals surface area contributed by atoms with Crippen LogP contribution < -0.4 is 0 Å². The van der Waals surface area contributed by atoms with Gasteiger partial charge in [0, 0.05) is 18.1 Å². The number of nitro groups is 1. The summed E-state index contributed by atoms with van der Waals surface area (Å²) in [5, 5.41) is 10.9. The highest BCUT2D eigenvalue weighted by atomic mass is 19.4. The summed E-state index contributed by atoms with van der Waals surface area (Å²) in [6.45, 7) is 0. The molecule has 0 bridgehead atoms. The molecule has 0 aliphatic rings. The lowest BCUT2D eigenvalue weighted by Gasteiger charge is -2.13. The van der Waals surface area contributed by atoms with E-state index in [1.165, 1.54) is 0 Å². The summed E-state index contributed by atoms with van der Waals surface area (Å²) in [5.74, 6) is 0. The van der Waals surface area contributed by atoms with E-state index in [1.807, 2.05) is 0 Å². The lowest BCUT2D eigenvalue weighted by Crippen LogP contribution is -2.11. The summed E-state index contributed by atoms with van der Waals surface area (Å²) in [6, 6.07) is 11.4. The van der Waals surface area contributed by atoms with Crippen molar-refractivity contribution >= 4 is 5.69 Å². The first-order valence-corrected chi connectivity index (χ1v) is 5.77. The number of hydrogen-bond acceptors (Lipinski definition) is 2. The van der Waals surface area contributed by atoms with Crippen molar-refractivity contribution in [2.75, 3.05) is 0 Å². The van der Waals surface area contributed by atoms with E-state index in [4.69, 9.17) is 0 Å². The van der Waals surface area contributed by atoms with E-state index in [1.54, 1.807) is 30.3 Å². The minimum absolute atomic E-state index is 0.132. The molecular formula is C14H10F3NO2. The van der Waals surface area contributed by atoms with Crippen LogP contribution in [0.4, 0.5) is 18.9 Å². The molecule has 0 unspecified atom stereocenters. The van der Waals surface area contributed by atoms with Crippen LogP contribution in [0.5, 0.6) is 0 Å². The predicted octanol–water partition coefficient (Wildman–Crippen LogP) is 4.20. The first-order chi connectivity index (χ1) is 9.39. The summed E-state index contributed by atoms with van der Waals surface area (Å²) in [4.78, 5) is 10.1. The third-order valence-electron chi connectivity index (χ3n) is 2.88. The fourth-order valence-corrected chi connectivity index (χ4v) is 2.00. The van der Waals surface area contributed by atoms with Crippen molar-refractivity contribution in [1.29, 1.82) is 0 Å². The van der Waals surface area contributed by atoms with E-state index in [9.17, 15) is 23.3 Å². The smallest absolute Gasteiger partial charge is 0.258 e. The third kappa shape index (κ3) is 2.96. The van der Waals surface area contributed by atoms with E-state index in [0.29, 0.717) is 5.56 Å². The molecular weight excluding hydrogens is 271 g/mol. The van der Waals surface area contributed by atoms with Crippen molar-refractivity contribution in [1.82, 2.24) is 0 Å². The Bertz CT molecular complexity index is 624. The minimum Gasteiger partial charge on any atom is -0.258 e. The number of nitrogens with zero attached hydrogens (tertiary/aromatic N) is 1. The quantitative estimate of drug-likeness (QED) is 0.625. The Balaban J connectivity index is 2.56. The average molecular weight is 281 g/mol. The zero-order chi connectivity index (χ0) is 14.8. The second-order valence-corrected chi connectivity index (χ2v) is 4.22. The number of rotatable bonds is 3. The molecule has 0 saturated heterocycles. The van der Waals surface area contributed by atoms with E-state index in [-0.39, 0.29) is 12.0 Å². The Morgan fingerprint density at radius 3 is 2.20 bits per heavy atom. The molecule has 0 aliphatic heterocycles. The largest absolute Gasteiger partial charge is 0.416 e. The third-order valence-corrected chi connectivity index (χ3v) is 2.88. The summed E-state index contributed by atoms with van der Waals surface area (Å²) in [6.07, 6.45) is -4.75. The first kappa shape index (κ1) is 14.0. The van der Waals surface area contributed by atoms with Gasteiger partial charge in [-0.05, 0) is 11.6 Å². The van der Waals surface area contributed by atoms with E-state index in [0.717, 1.165) is 18.2 Å². The number of hydrogen-bond donors (Lipinski definition) is 0. The van der Waals surface area contributed by atoms with Crippen LogP contribution in [0.3, 0.4) is 0 Å². The number of alkyl halides is 3. The van der Waals surface area contributed by atoms with Crippen LogP contribution in [0.15, 0.2) is 48.5 Å². The van der Waals surface area contributed by atoms with Crippen LogP contribution in [0.1, 0.15) is 16.7 Å². The van der Waals surface area contributed by atoms with Gasteiger partial charge in [-0.1, -0.05) is 36.4 Å². The van der Waals surface area contributed by atoms with Crippen molar-refractivity contribution in [3.05, 3.63) is 75.3 Å². The maximum absolute atomic E-state index is 13.0. The van der Waals surface area contributed by atoms with E-state index in [2.05, 4.69) is 0 Å². The second kappa shape index (κ2) is 5.32. The standard InChI is InChI=1S/C14H10F3NO2/c15-14(16,17)12-7-4-8-13(18(19)20)11(12)9-10-5-2-1-3-6-10/h1-8H,9H2. The van der Waals surface area contributed by atoms with Crippen LogP contribution in [0.2, 0.25) is 0 Å². The van der Waals surface area contributed by atoms with Gasteiger partial charge in [0.05, 0.1) is 10.5 Å². The Morgan fingerprint density at radius 2 is 1.65 bits per heavy atom. The SMILES string of the molecule is O=[N+]([O-])c1cccc(C(F)(F)F)c1Cc1ccccc1. The van der Waals surface area contributed by atoms with Gasteiger partial charge in [-0.2, -0.15) is 13.2 Å². The highest BCUT2D eigenvalue weighted by molar-refractivity contribution is 5.49. The molecule has 3 nitrogen and oxygen atoms in total. The first-order valence-electron chi connectivity index (χ1n) is 5.77. The fraction of sp³-hybridized carbons (Fsp3) is 0.143. The molecule has 2 aromatic rings. The highest BCUT2D eigenvalue weighted by Crippen LogP contribution is 2.36. The van der Waals surface area contributed by atoms with Crippen molar-refractivity contribution in [3.8, 4) is 0 Å². The van der Waals surface area contributed by atoms with E-state index < -0.39 is 22.4 Å². The van der Waals surface area contributed by atoms with Gasteiger partial charge in [-0.15, -0.1) is 0 Å². The van der Waals surface area contributed by atoms with E-state index >= 15 is 0 Å². The zero-order valence-corrected chi connectivity index (χ0v) is 10.2. The van der Waals surface area contributed by atoms with Gasteiger partial charge in [-0.25, -0.2) is 0 Å². The molecule has 0 fully saturated rings. The molecule has 0 amide bonds. The minimum atomic E-state index is -4.61. The Morgan fingerprint density at radius 1 is 1.00 bits per heavy atom. The molecule has 0 atom stereocenters. The van der Waals surface area contributed by atoms with Crippen LogP contribution in [0, 0.1) is 10.1 Å². The number of halogens is 3. The molecule has 20 heavy (non-hydrogen) atoms. The van der Waals surface area contributed by atoms with Crippen molar-refractivity contribution < 1.29 is 18.1 Å². The highest BCUT2D eigenvalue weighted by Gasteiger charge is 2.36. The van der Waals surface area contributed by atoms with Gasteiger partial charge in [-0.3, -0.25) is 10.1 Å². The normalized spacial score (nSPS) is 11.3. The Hall–Kier alpha value is -2.37. The summed E-state index contributed by atoms with van der Waals surface area (Å²) < 4.78 is 38.9. The average Bonchev–Trinajstić information content (AvgIpc) is 2.38. The maximum atomic E-state index is 13.0. The number of nitro benzene ring substituents is 1. The van der Waals surface area contributed by atoms with Crippen molar-refractivity contribution in [2.24, 2.45) is 0 Å². The summed E-state index contributed by atoms with van der Waals surface area (Å²) in [5.41, 5.74) is -1.19. The van der Waals surface area contributed by atoms with Crippen molar-refractivity contribution in [2.45, 2.75) is 12.6 Å². The molecule has 0 spiro atoms. The molecule has 104 valence electrons. The number of benzene rings is 2. The molecule has 0 aromatic heterocycles. The summed E-state index contributed by atoms with van der Waals surface area (Å²) >= 11 is 0. The van der Waals surface area contributed by atoms with Crippen LogP contribution in [0.25, 0.3) is 0 Å². The van der Waals surface area contributed by atoms with Gasteiger partial charge >= 0.3 is 6.18 Å². The molecule has 0 saturated carbocycles. The van der Waals surface area contributed by atoms with Gasteiger partial charge in [0.25, 0.3) is 5.69 Å². The molecule has 0 heterocycles. The van der Waals surface area contributed by atoms with Crippen LogP contribution >= 0.6 is 0 Å². The lowest BCUT2D eigenvalue weighted by atomic mass is 9.97. The second-order valence-electron chi connectivity index (χ2n) is 4.22. The summed E-state index contributed by atoms with van der Waals surface area (Å²) in [7, 11) is 0. The van der Waals surface area contributed by atoms with Crippen molar-refractivity contribution in [3.63, 3.8) is 0 Å². The Labute approximate surface area is 112 Å². The molecule has 0 aliphatic carbocycles. The fourth-order valence-electron chi connectivity index (χ4n) is 2.00. The lowest BCUT2D eigenvalue weighted by molar-refractivity contribution is -0.385. The zero-order valence-electron chi connectivity index (χ0n) is 10.2. The van der Waals surface area contributed by atoms with Crippen LogP contribution in [-0.2, 0) is 12.6 Å². The molecule has 6 heteroatoms. The molecule has 0 N–H and O–H groups in total. The molecule has 2 rings (SSSR count). The molecule has 2 aromatic carbocycles. The predicted molar refractivity (Wildman–Crippen MR) is 67.3 cm³/mol. The Kier molecular flexibility index (Phi) is 3.74. The van der Waals surface area contributed by atoms with Gasteiger partial charge in [0.1, 0.15) is 0 Å².